The first-order valence-corrected chi connectivity index (χ1v) is 26.7. The van der Waals surface area contributed by atoms with E-state index in [0.29, 0.717) is 0 Å². The summed E-state index contributed by atoms with van der Waals surface area (Å²) in [7, 11) is 0. The van der Waals surface area contributed by atoms with Gasteiger partial charge in [-0.05, 0) is 148 Å². The van der Waals surface area contributed by atoms with E-state index in [9.17, 15) is 0 Å². The molecule has 0 amide bonds. The van der Waals surface area contributed by atoms with Gasteiger partial charge in [0.25, 0.3) is 0 Å². The Kier molecular flexibility index (Phi) is 9.91. The highest BCUT2D eigenvalue weighted by Crippen LogP contribution is 2.50. The Hall–Kier alpha value is -10.4. The van der Waals surface area contributed by atoms with Gasteiger partial charge in [0.1, 0.15) is 11.6 Å². The topological polar surface area (TPSA) is 35.6 Å². The van der Waals surface area contributed by atoms with Crippen LogP contribution in [0.15, 0.2) is 279 Å². The van der Waals surface area contributed by atoms with Crippen molar-refractivity contribution in [1.82, 2.24) is 19.1 Å². The molecule has 0 unspecified atom stereocenters. The number of fused-ring (bicyclic) bond motifs is 8. The molecule has 16 aromatic rings. The lowest BCUT2D eigenvalue weighted by atomic mass is 9.82. The van der Waals surface area contributed by atoms with Crippen molar-refractivity contribution in [1.29, 1.82) is 0 Å². The molecule has 16 rings (SSSR count). The third-order valence-corrected chi connectivity index (χ3v) is 16.1. The number of hydrogen-bond donors (Lipinski definition) is 0. The van der Waals surface area contributed by atoms with Gasteiger partial charge in [0.15, 0.2) is 0 Å². The molecule has 2 heterocycles. The minimum atomic E-state index is 0.891. The van der Waals surface area contributed by atoms with Crippen LogP contribution in [0.1, 0.15) is 0 Å². The molecule has 4 nitrogen and oxygen atoms in total. The van der Waals surface area contributed by atoms with Crippen molar-refractivity contribution in [3.05, 3.63) is 279 Å². The Morgan fingerprint density at radius 3 is 1.06 bits per heavy atom. The first-order chi connectivity index (χ1) is 38.7. The molecule has 0 saturated carbocycles. The summed E-state index contributed by atoms with van der Waals surface area (Å²) < 4.78 is 4.76. The molecule has 14 aromatic carbocycles. The minimum Gasteiger partial charge on any atom is -0.292 e. The van der Waals surface area contributed by atoms with Gasteiger partial charge in [-0.1, -0.05) is 218 Å². The third-order valence-electron chi connectivity index (χ3n) is 16.1. The molecular formula is C74H46N4. The maximum atomic E-state index is 5.39. The van der Waals surface area contributed by atoms with Gasteiger partial charge in [-0.25, -0.2) is 9.97 Å². The summed E-state index contributed by atoms with van der Waals surface area (Å²) in [5.74, 6) is 1.78. The van der Waals surface area contributed by atoms with Crippen LogP contribution in [0.4, 0.5) is 0 Å². The first kappa shape index (κ1) is 43.9. The number of nitrogens with zero attached hydrogens (tertiary/aromatic N) is 4. The summed E-state index contributed by atoms with van der Waals surface area (Å²) in [6, 6.07) is 102. The number of aromatic nitrogens is 4. The molecule has 0 bridgehead atoms. The molecule has 0 aliphatic heterocycles. The summed E-state index contributed by atoms with van der Waals surface area (Å²) >= 11 is 0. The molecule has 0 saturated heterocycles. The molecule has 0 atom stereocenters. The average molecular weight is 991 g/mol. The predicted octanol–water partition coefficient (Wildman–Crippen LogP) is 19.6. The SMILES string of the molecule is c1ccc(-c2nc3ccccc3n2-c2cccc3c(-c4c5cccc(-c6ccc7ccccc7c6)c5cc5c(-c6ccc7ccccc7c6)cccc45)c4cccc(-n5c(-c6ccccc6)nc6ccccc65)c4cc23)cc1. The first-order valence-electron chi connectivity index (χ1n) is 26.7. The predicted molar refractivity (Wildman–Crippen MR) is 328 cm³/mol. The van der Waals surface area contributed by atoms with Crippen molar-refractivity contribution in [2.24, 2.45) is 0 Å². The summed E-state index contributed by atoms with van der Waals surface area (Å²) in [6.07, 6.45) is 0. The largest absolute Gasteiger partial charge is 0.292 e. The van der Waals surface area contributed by atoms with Crippen LogP contribution in [0.5, 0.6) is 0 Å². The van der Waals surface area contributed by atoms with Gasteiger partial charge >= 0.3 is 0 Å². The van der Waals surface area contributed by atoms with Gasteiger partial charge in [-0.15, -0.1) is 0 Å². The van der Waals surface area contributed by atoms with Crippen LogP contribution in [-0.2, 0) is 0 Å². The number of hydrogen-bond acceptors (Lipinski definition) is 2. The Morgan fingerprint density at radius 2 is 0.603 bits per heavy atom. The monoisotopic (exact) mass is 990 g/mol. The van der Waals surface area contributed by atoms with E-state index >= 15 is 0 Å². The summed E-state index contributed by atoms with van der Waals surface area (Å²) in [5.41, 5.74) is 15.3. The third kappa shape index (κ3) is 6.87. The van der Waals surface area contributed by atoms with E-state index in [0.717, 1.165) is 77.8 Å². The van der Waals surface area contributed by atoms with Crippen molar-refractivity contribution >= 4 is 86.7 Å². The van der Waals surface area contributed by atoms with Gasteiger partial charge in [0.05, 0.1) is 33.4 Å². The van der Waals surface area contributed by atoms with Crippen LogP contribution in [0.2, 0.25) is 0 Å². The molecule has 78 heavy (non-hydrogen) atoms. The van der Waals surface area contributed by atoms with Gasteiger partial charge in [0.2, 0.25) is 0 Å². The van der Waals surface area contributed by atoms with Crippen molar-refractivity contribution in [3.63, 3.8) is 0 Å². The molecule has 362 valence electrons. The van der Waals surface area contributed by atoms with Crippen LogP contribution < -0.4 is 0 Å². The molecule has 0 N–H and O–H groups in total. The van der Waals surface area contributed by atoms with Crippen LogP contribution in [0.3, 0.4) is 0 Å². The number of imidazole rings is 2. The highest BCUT2D eigenvalue weighted by Gasteiger charge is 2.25. The summed E-state index contributed by atoms with van der Waals surface area (Å²) in [6.45, 7) is 0. The highest BCUT2D eigenvalue weighted by atomic mass is 15.1. The second-order valence-corrected chi connectivity index (χ2v) is 20.4. The van der Waals surface area contributed by atoms with Crippen LogP contribution in [-0.4, -0.2) is 19.1 Å². The van der Waals surface area contributed by atoms with Gasteiger partial charge in [0, 0.05) is 21.9 Å². The van der Waals surface area contributed by atoms with E-state index < -0.39 is 0 Å². The van der Waals surface area contributed by atoms with Crippen LogP contribution >= 0.6 is 0 Å². The second-order valence-electron chi connectivity index (χ2n) is 20.4. The molecule has 0 aliphatic carbocycles. The van der Waals surface area contributed by atoms with Crippen molar-refractivity contribution < 1.29 is 0 Å². The Labute approximate surface area is 450 Å². The maximum absolute atomic E-state index is 5.39. The van der Waals surface area contributed by atoms with E-state index in [2.05, 4.69) is 288 Å². The Balaban J connectivity index is 1.09. The average Bonchev–Trinajstić information content (AvgIpc) is 3.96. The Morgan fingerprint density at radius 1 is 0.231 bits per heavy atom. The number of para-hydroxylation sites is 4. The zero-order valence-electron chi connectivity index (χ0n) is 42.3. The lowest BCUT2D eigenvalue weighted by Gasteiger charge is -2.22. The second kappa shape index (κ2) is 17.6. The minimum absolute atomic E-state index is 0.891. The fraction of sp³-hybridized carbons (Fsp3) is 0. The van der Waals surface area contributed by atoms with E-state index in [-0.39, 0.29) is 0 Å². The highest BCUT2D eigenvalue weighted by molar-refractivity contribution is 6.27. The number of benzene rings is 14. The smallest absolute Gasteiger partial charge is 0.145 e. The van der Waals surface area contributed by atoms with Gasteiger partial charge in [-0.3, -0.25) is 9.13 Å². The molecule has 0 aliphatic rings. The van der Waals surface area contributed by atoms with Crippen LogP contribution in [0, 0.1) is 0 Å². The zero-order valence-corrected chi connectivity index (χ0v) is 42.3. The fourth-order valence-electron chi connectivity index (χ4n) is 12.5. The normalized spacial score (nSPS) is 11.8. The molecule has 2 aromatic heterocycles. The van der Waals surface area contributed by atoms with Crippen LogP contribution in [0.25, 0.3) is 154 Å². The van der Waals surface area contributed by atoms with Crippen molar-refractivity contribution in [3.8, 4) is 67.5 Å². The van der Waals surface area contributed by atoms with Gasteiger partial charge in [-0.2, -0.15) is 0 Å². The molecule has 0 fully saturated rings. The lowest BCUT2D eigenvalue weighted by molar-refractivity contribution is 1.11. The van der Waals surface area contributed by atoms with E-state index in [1.807, 2.05) is 0 Å². The quantitative estimate of drug-likeness (QED) is 0.149. The van der Waals surface area contributed by atoms with Gasteiger partial charge < -0.3 is 0 Å². The Bertz CT molecular complexity index is 4770. The summed E-state index contributed by atoms with van der Waals surface area (Å²) in [5, 5.41) is 14.2. The zero-order chi connectivity index (χ0) is 51.3. The molecular weight excluding hydrogens is 945 g/mol. The maximum Gasteiger partial charge on any atom is 0.145 e. The van der Waals surface area contributed by atoms with E-state index in [1.54, 1.807) is 0 Å². The standard InChI is InChI=1S/C74H46N4/c1-3-21-49(22-4-1)73-75-65-33-11-13-35-69(65)77(73)67-37-17-31-59-63(67)46-64-60(32-18-38-68(64)78-70-36-14-12-34-66(70)76-74(78)50-23-5-2-6-24-50)72(59)71-57-29-15-27-55(53-41-39-47-19-7-9-25-51(47)43-53)61(57)45-62-56(28-16-30-58(62)71)54-42-40-48-20-8-10-26-52(48)44-54/h1-46H. The molecule has 0 spiro atoms. The summed E-state index contributed by atoms with van der Waals surface area (Å²) in [4.78, 5) is 10.8. The number of rotatable bonds is 7. The van der Waals surface area contributed by atoms with E-state index in [4.69, 9.17) is 9.97 Å². The van der Waals surface area contributed by atoms with Crippen molar-refractivity contribution in [2.45, 2.75) is 0 Å². The van der Waals surface area contributed by atoms with E-state index in [1.165, 1.54) is 76.5 Å². The van der Waals surface area contributed by atoms with Crippen molar-refractivity contribution in [2.75, 3.05) is 0 Å². The lowest BCUT2D eigenvalue weighted by Crippen LogP contribution is -2.02. The molecule has 0 radical (unpaired) electrons. The molecule has 4 heteroatoms. The fourth-order valence-corrected chi connectivity index (χ4v) is 12.5.